The number of carbonyl (C=O) groups is 1. The van der Waals surface area contributed by atoms with Gasteiger partial charge in [0.15, 0.2) is 17.3 Å². The summed E-state index contributed by atoms with van der Waals surface area (Å²) in [5, 5.41) is 10.8. The highest BCUT2D eigenvalue weighted by Crippen LogP contribution is 2.36. The van der Waals surface area contributed by atoms with E-state index in [-0.39, 0.29) is 35.7 Å². The van der Waals surface area contributed by atoms with Gasteiger partial charge in [0.1, 0.15) is 24.7 Å². The van der Waals surface area contributed by atoms with Crippen LogP contribution in [0, 0.1) is 5.41 Å². The lowest BCUT2D eigenvalue weighted by Gasteiger charge is -2.20. The summed E-state index contributed by atoms with van der Waals surface area (Å²) < 4.78 is 61.3. The molecule has 0 unspecified atom stereocenters. The molecule has 2 aliphatic rings. The van der Waals surface area contributed by atoms with Crippen LogP contribution in [0.4, 0.5) is 13.2 Å². The van der Waals surface area contributed by atoms with Gasteiger partial charge in [0.25, 0.3) is 5.91 Å². The number of ether oxygens (including phenoxy) is 4. The van der Waals surface area contributed by atoms with Gasteiger partial charge >= 0.3 is 6.18 Å². The first-order valence-corrected chi connectivity index (χ1v) is 11.7. The van der Waals surface area contributed by atoms with Crippen molar-refractivity contribution in [2.45, 2.75) is 13.1 Å². The van der Waals surface area contributed by atoms with Gasteiger partial charge in [-0.05, 0) is 54.6 Å². The third kappa shape index (κ3) is 6.05. The topological polar surface area (TPSA) is 106 Å². The first-order valence-electron chi connectivity index (χ1n) is 10.9. The molecule has 0 fully saturated rings. The standard InChI is InChI=1S/C24H21F3N4O5S/c1-3-34-19-12-14(7-8-18(19)36-10-9-35-16-6-4-5-15(13-16)33-2)11-17-20(28)31-23(29-21(17)32)37-22(30-31)24(25,26)27/h4-8,11-13,28H,3,9-10H2,1-2H3/b17-11+,28-20?. The number of hydrogen-bond acceptors (Lipinski definition) is 8. The molecule has 37 heavy (non-hydrogen) atoms. The summed E-state index contributed by atoms with van der Waals surface area (Å²) in [6, 6.07) is 12.0. The van der Waals surface area contributed by atoms with Crippen molar-refractivity contribution in [1.29, 1.82) is 5.41 Å². The molecule has 0 aliphatic carbocycles. The number of aliphatic imine (C=N–C) groups is 1. The minimum absolute atomic E-state index is 0.197. The van der Waals surface area contributed by atoms with E-state index in [4.69, 9.17) is 24.4 Å². The summed E-state index contributed by atoms with van der Waals surface area (Å²) in [5.74, 6) is 0.767. The van der Waals surface area contributed by atoms with Crippen molar-refractivity contribution in [2.75, 3.05) is 26.9 Å². The quantitative estimate of drug-likeness (QED) is 0.366. The molecule has 194 valence electrons. The van der Waals surface area contributed by atoms with E-state index in [1.54, 1.807) is 50.4 Å². The Kier molecular flexibility index (Phi) is 7.71. The largest absolute Gasteiger partial charge is 0.497 e. The van der Waals surface area contributed by atoms with Crippen LogP contribution < -0.4 is 18.9 Å². The number of methoxy groups -OCH3 is 1. The van der Waals surface area contributed by atoms with E-state index in [0.29, 0.717) is 40.2 Å². The SMILES string of the molecule is CCOc1cc(/C=C2\C(=N)N3N=C(C(F)(F)F)SC3=NC2=O)ccc1OCCOc1cccc(OC)c1. The first-order chi connectivity index (χ1) is 17.7. The molecule has 1 N–H and O–H groups in total. The fourth-order valence-corrected chi connectivity index (χ4v) is 4.04. The van der Waals surface area contributed by atoms with Gasteiger partial charge in [-0.15, -0.1) is 0 Å². The van der Waals surface area contributed by atoms with Gasteiger partial charge in [-0.2, -0.15) is 28.3 Å². The maximum Gasteiger partial charge on any atom is 0.441 e. The van der Waals surface area contributed by atoms with Crippen LogP contribution in [0.5, 0.6) is 23.0 Å². The number of fused-ring (bicyclic) bond motifs is 1. The molecular formula is C24H21F3N4O5S. The Balaban J connectivity index is 1.47. The highest BCUT2D eigenvalue weighted by atomic mass is 32.2. The molecule has 0 aromatic heterocycles. The number of hydrogen-bond donors (Lipinski definition) is 1. The van der Waals surface area contributed by atoms with Crippen LogP contribution in [0.2, 0.25) is 0 Å². The normalized spacial score (nSPS) is 16.4. The average Bonchev–Trinajstić information content (AvgIpc) is 3.30. The molecule has 2 heterocycles. The number of amidine groups is 2. The van der Waals surface area contributed by atoms with Crippen molar-refractivity contribution >= 4 is 39.8 Å². The van der Waals surface area contributed by atoms with Gasteiger partial charge in [0.2, 0.25) is 10.2 Å². The number of thioether (sulfide) groups is 1. The number of benzene rings is 2. The van der Waals surface area contributed by atoms with Gasteiger partial charge in [-0.3, -0.25) is 10.2 Å². The van der Waals surface area contributed by atoms with E-state index in [9.17, 15) is 18.0 Å². The summed E-state index contributed by atoms with van der Waals surface area (Å²) in [6.07, 6.45) is -3.37. The lowest BCUT2D eigenvalue weighted by molar-refractivity contribution is -0.114. The molecule has 0 saturated carbocycles. The van der Waals surface area contributed by atoms with Gasteiger partial charge in [-0.25, -0.2) is 0 Å². The zero-order valence-electron chi connectivity index (χ0n) is 19.7. The van der Waals surface area contributed by atoms with Crippen molar-refractivity contribution in [3.05, 3.63) is 53.6 Å². The van der Waals surface area contributed by atoms with Crippen LogP contribution in [-0.2, 0) is 4.79 Å². The lowest BCUT2D eigenvalue weighted by atomic mass is 10.1. The summed E-state index contributed by atoms with van der Waals surface area (Å²) in [7, 11) is 1.57. The van der Waals surface area contributed by atoms with E-state index >= 15 is 0 Å². The molecule has 0 radical (unpaired) electrons. The van der Waals surface area contributed by atoms with E-state index in [2.05, 4.69) is 10.1 Å². The number of nitrogens with zero attached hydrogens (tertiary/aromatic N) is 3. The van der Waals surface area contributed by atoms with Crippen LogP contribution in [0.1, 0.15) is 12.5 Å². The second kappa shape index (κ2) is 10.9. The zero-order valence-corrected chi connectivity index (χ0v) is 20.5. The molecule has 2 aromatic rings. The number of nitrogens with one attached hydrogen (secondary N) is 1. The minimum Gasteiger partial charge on any atom is -0.497 e. The molecule has 4 rings (SSSR count). The van der Waals surface area contributed by atoms with E-state index in [0.717, 1.165) is 0 Å². The Morgan fingerprint density at radius 2 is 1.81 bits per heavy atom. The van der Waals surface area contributed by atoms with Crippen LogP contribution in [0.3, 0.4) is 0 Å². The van der Waals surface area contributed by atoms with E-state index in [1.165, 1.54) is 6.08 Å². The molecule has 2 aliphatic heterocycles. The number of amides is 1. The number of hydrazone groups is 1. The predicted octanol–water partition coefficient (Wildman–Crippen LogP) is 4.73. The fourth-order valence-electron chi connectivity index (χ4n) is 3.28. The fraction of sp³-hybridized carbons (Fsp3) is 0.250. The summed E-state index contributed by atoms with van der Waals surface area (Å²) in [6.45, 7) is 2.59. The van der Waals surface area contributed by atoms with E-state index in [1.807, 2.05) is 6.07 Å². The Labute approximate surface area is 214 Å². The second-order valence-electron chi connectivity index (χ2n) is 7.44. The molecular weight excluding hydrogens is 513 g/mol. The Bertz CT molecular complexity index is 1310. The average molecular weight is 535 g/mol. The molecule has 0 atom stereocenters. The number of halogens is 3. The van der Waals surface area contributed by atoms with Crippen molar-refractivity contribution in [3.8, 4) is 23.0 Å². The summed E-state index contributed by atoms with van der Waals surface area (Å²) in [4.78, 5) is 16.1. The Hall–Kier alpha value is -4.00. The van der Waals surface area contributed by atoms with Crippen molar-refractivity contribution in [1.82, 2.24) is 5.01 Å². The third-order valence-corrected chi connectivity index (χ3v) is 5.88. The summed E-state index contributed by atoms with van der Waals surface area (Å²) >= 11 is 0.197. The monoisotopic (exact) mass is 534 g/mol. The van der Waals surface area contributed by atoms with E-state index < -0.39 is 23.0 Å². The van der Waals surface area contributed by atoms with Gasteiger partial charge in [0, 0.05) is 6.07 Å². The number of alkyl halides is 3. The maximum absolute atomic E-state index is 13.0. The number of rotatable bonds is 9. The first kappa shape index (κ1) is 26.1. The lowest BCUT2D eigenvalue weighted by Crippen LogP contribution is -2.35. The molecule has 2 aromatic carbocycles. The van der Waals surface area contributed by atoms with Gasteiger partial charge in [0.05, 0.1) is 19.3 Å². The maximum atomic E-state index is 13.0. The van der Waals surface area contributed by atoms with Crippen molar-refractivity contribution < 1.29 is 36.9 Å². The minimum atomic E-state index is -4.71. The Morgan fingerprint density at radius 1 is 1.05 bits per heavy atom. The highest BCUT2D eigenvalue weighted by molar-refractivity contribution is 8.27. The predicted molar refractivity (Wildman–Crippen MR) is 133 cm³/mol. The van der Waals surface area contributed by atoms with Gasteiger partial charge in [-0.1, -0.05) is 12.1 Å². The van der Waals surface area contributed by atoms with Crippen LogP contribution in [0.25, 0.3) is 6.08 Å². The zero-order chi connectivity index (χ0) is 26.6. The highest BCUT2D eigenvalue weighted by Gasteiger charge is 2.46. The molecule has 0 spiro atoms. The van der Waals surface area contributed by atoms with Crippen LogP contribution >= 0.6 is 11.8 Å². The molecule has 9 nitrogen and oxygen atoms in total. The smallest absolute Gasteiger partial charge is 0.441 e. The third-order valence-electron chi connectivity index (χ3n) is 4.93. The molecule has 1 amide bonds. The van der Waals surface area contributed by atoms with Crippen molar-refractivity contribution in [2.24, 2.45) is 10.1 Å². The van der Waals surface area contributed by atoms with Gasteiger partial charge < -0.3 is 18.9 Å². The summed E-state index contributed by atoms with van der Waals surface area (Å²) in [5.41, 5.74) is 0.251. The molecule has 0 saturated heterocycles. The molecule has 13 heteroatoms. The van der Waals surface area contributed by atoms with Crippen LogP contribution in [-0.4, -0.2) is 60.1 Å². The molecule has 0 bridgehead atoms. The number of carbonyl (C=O) groups excluding carboxylic acids is 1. The van der Waals surface area contributed by atoms with Crippen molar-refractivity contribution in [3.63, 3.8) is 0 Å². The second-order valence-corrected chi connectivity index (χ2v) is 8.39. The Morgan fingerprint density at radius 3 is 2.54 bits per heavy atom. The van der Waals surface area contributed by atoms with Crippen LogP contribution in [0.15, 0.2) is 58.1 Å².